The molecule has 0 aliphatic rings. The number of anilines is 1. The van der Waals surface area contributed by atoms with E-state index in [-0.39, 0.29) is 5.82 Å². The SMILES string of the molecule is CCc1ccc(OCCNc2ccccc2F)cc1. The molecular formula is C16H18FNO. The number of rotatable bonds is 6. The molecule has 2 rings (SSSR count). The van der Waals surface area contributed by atoms with Crippen LogP contribution in [0.15, 0.2) is 48.5 Å². The second-order valence-corrected chi connectivity index (χ2v) is 4.25. The van der Waals surface area contributed by atoms with Crippen LogP contribution in [0.3, 0.4) is 0 Å². The molecule has 0 saturated carbocycles. The Morgan fingerprint density at radius 1 is 1.05 bits per heavy atom. The normalized spacial score (nSPS) is 10.2. The van der Waals surface area contributed by atoms with E-state index >= 15 is 0 Å². The minimum atomic E-state index is -0.241. The van der Waals surface area contributed by atoms with Crippen LogP contribution in [0.2, 0.25) is 0 Å². The molecule has 1 N–H and O–H groups in total. The van der Waals surface area contributed by atoms with E-state index in [0.29, 0.717) is 18.8 Å². The van der Waals surface area contributed by atoms with Crippen LogP contribution < -0.4 is 10.1 Å². The zero-order valence-electron chi connectivity index (χ0n) is 11.0. The van der Waals surface area contributed by atoms with Gasteiger partial charge in [-0.3, -0.25) is 0 Å². The largest absolute Gasteiger partial charge is 0.492 e. The molecule has 0 fully saturated rings. The van der Waals surface area contributed by atoms with E-state index in [9.17, 15) is 4.39 Å². The van der Waals surface area contributed by atoms with Crippen LogP contribution >= 0.6 is 0 Å². The first-order valence-electron chi connectivity index (χ1n) is 6.49. The second-order valence-electron chi connectivity index (χ2n) is 4.25. The smallest absolute Gasteiger partial charge is 0.146 e. The predicted molar refractivity (Wildman–Crippen MR) is 76.2 cm³/mol. The van der Waals surface area contributed by atoms with Gasteiger partial charge in [-0.15, -0.1) is 0 Å². The lowest BCUT2D eigenvalue weighted by Gasteiger charge is -2.09. The van der Waals surface area contributed by atoms with Crippen molar-refractivity contribution in [3.8, 4) is 5.75 Å². The van der Waals surface area contributed by atoms with Gasteiger partial charge in [0.05, 0.1) is 5.69 Å². The van der Waals surface area contributed by atoms with Crippen molar-refractivity contribution in [1.82, 2.24) is 0 Å². The number of hydrogen-bond acceptors (Lipinski definition) is 2. The molecule has 0 saturated heterocycles. The molecule has 0 aliphatic carbocycles. The third kappa shape index (κ3) is 3.98. The fourth-order valence-corrected chi connectivity index (χ4v) is 1.78. The van der Waals surface area contributed by atoms with Crippen LogP contribution in [-0.4, -0.2) is 13.2 Å². The van der Waals surface area contributed by atoms with Gasteiger partial charge in [-0.1, -0.05) is 31.2 Å². The summed E-state index contributed by atoms with van der Waals surface area (Å²) >= 11 is 0. The van der Waals surface area contributed by atoms with Crippen LogP contribution in [0.5, 0.6) is 5.75 Å². The van der Waals surface area contributed by atoms with Gasteiger partial charge in [-0.25, -0.2) is 4.39 Å². The van der Waals surface area contributed by atoms with Gasteiger partial charge in [-0.05, 0) is 36.2 Å². The average molecular weight is 259 g/mol. The Morgan fingerprint density at radius 2 is 1.79 bits per heavy atom. The number of halogens is 1. The fourth-order valence-electron chi connectivity index (χ4n) is 1.78. The van der Waals surface area contributed by atoms with Gasteiger partial charge in [-0.2, -0.15) is 0 Å². The highest BCUT2D eigenvalue weighted by molar-refractivity contribution is 5.44. The van der Waals surface area contributed by atoms with Gasteiger partial charge in [0.15, 0.2) is 0 Å². The van der Waals surface area contributed by atoms with Crippen molar-refractivity contribution >= 4 is 5.69 Å². The van der Waals surface area contributed by atoms with E-state index < -0.39 is 0 Å². The van der Waals surface area contributed by atoms with Gasteiger partial charge in [0.1, 0.15) is 18.2 Å². The number of nitrogens with one attached hydrogen (secondary N) is 1. The monoisotopic (exact) mass is 259 g/mol. The van der Waals surface area contributed by atoms with Crippen LogP contribution in [0.1, 0.15) is 12.5 Å². The maximum atomic E-state index is 13.3. The summed E-state index contributed by atoms with van der Waals surface area (Å²) in [6.07, 6.45) is 1.02. The summed E-state index contributed by atoms with van der Waals surface area (Å²) in [5, 5.41) is 3.01. The van der Waals surface area contributed by atoms with Crippen molar-refractivity contribution in [2.45, 2.75) is 13.3 Å². The Labute approximate surface area is 113 Å². The molecule has 2 nitrogen and oxygen atoms in total. The standard InChI is InChI=1S/C16H18FNO/c1-2-13-7-9-14(10-8-13)19-12-11-18-16-6-4-3-5-15(16)17/h3-10,18H,2,11-12H2,1H3. The van der Waals surface area contributed by atoms with Crippen molar-refractivity contribution in [2.75, 3.05) is 18.5 Å². The molecule has 0 aromatic heterocycles. The molecule has 0 radical (unpaired) electrons. The van der Waals surface area contributed by atoms with Crippen LogP contribution in [0, 0.1) is 5.82 Å². The van der Waals surface area contributed by atoms with Crippen molar-refractivity contribution in [3.05, 3.63) is 59.9 Å². The van der Waals surface area contributed by atoms with E-state index in [0.717, 1.165) is 12.2 Å². The lowest BCUT2D eigenvalue weighted by Crippen LogP contribution is -2.12. The van der Waals surface area contributed by atoms with Crippen LogP contribution in [0.4, 0.5) is 10.1 Å². The molecule has 0 heterocycles. The predicted octanol–water partition coefficient (Wildman–Crippen LogP) is 3.88. The summed E-state index contributed by atoms with van der Waals surface area (Å²) in [6, 6.07) is 14.7. The third-order valence-corrected chi connectivity index (χ3v) is 2.89. The summed E-state index contributed by atoms with van der Waals surface area (Å²) in [4.78, 5) is 0. The number of para-hydroxylation sites is 1. The number of benzene rings is 2. The molecule has 2 aromatic carbocycles. The molecular weight excluding hydrogens is 241 g/mol. The molecule has 3 heteroatoms. The molecule has 0 aliphatic heterocycles. The average Bonchev–Trinajstić information content (AvgIpc) is 2.46. The Balaban J connectivity index is 1.76. The van der Waals surface area contributed by atoms with Gasteiger partial charge in [0.2, 0.25) is 0 Å². The lowest BCUT2D eigenvalue weighted by atomic mass is 10.2. The van der Waals surface area contributed by atoms with Crippen LogP contribution in [-0.2, 0) is 6.42 Å². The molecule has 2 aromatic rings. The van der Waals surface area contributed by atoms with Crippen molar-refractivity contribution in [1.29, 1.82) is 0 Å². The Morgan fingerprint density at radius 3 is 2.47 bits per heavy atom. The van der Waals surface area contributed by atoms with E-state index in [2.05, 4.69) is 24.4 Å². The Kier molecular flexibility index (Phi) is 4.78. The molecule has 19 heavy (non-hydrogen) atoms. The topological polar surface area (TPSA) is 21.3 Å². The number of ether oxygens (including phenoxy) is 1. The van der Waals surface area contributed by atoms with E-state index in [4.69, 9.17) is 4.74 Å². The van der Waals surface area contributed by atoms with E-state index in [1.54, 1.807) is 18.2 Å². The first kappa shape index (κ1) is 13.4. The highest BCUT2D eigenvalue weighted by atomic mass is 19.1. The highest BCUT2D eigenvalue weighted by Crippen LogP contribution is 2.13. The molecule has 0 bridgehead atoms. The Bertz CT molecular complexity index is 510. The minimum Gasteiger partial charge on any atom is -0.492 e. The highest BCUT2D eigenvalue weighted by Gasteiger charge is 1.99. The summed E-state index contributed by atoms with van der Waals surface area (Å²) in [7, 11) is 0. The third-order valence-electron chi connectivity index (χ3n) is 2.89. The molecule has 100 valence electrons. The molecule has 0 unspecified atom stereocenters. The van der Waals surface area contributed by atoms with Gasteiger partial charge in [0.25, 0.3) is 0 Å². The van der Waals surface area contributed by atoms with E-state index in [1.165, 1.54) is 11.6 Å². The quantitative estimate of drug-likeness (QED) is 0.795. The first-order valence-corrected chi connectivity index (χ1v) is 6.49. The summed E-state index contributed by atoms with van der Waals surface area (Å²) < 4.78 is 18.9. The second kappa shape index (κ2) is 6.78. The van der Waals surface area contributed by atoms with Crippen molar-refractivity contribution in [3.63, 3.8) is 0 Å². The van der Waals surface area contributed by atoms with Crippen LogP contribution in [0.25, 0.3) is 0 Å². The van der Waals surface area contributed by atoms with Gasteiger partial charge < -0.3 is 10.1 Å². The molecule has 0 spiro atoms. The van der Waals surface area contributed by atoms with Gasteiger partial charge >= 0.3 is 0 Å². The zero-order chi connectivity index (χ0) is 13.5. The summed E-state index contributed by atoms with van der Waals surface area (Å²) in [5.41, 5.74) is 1.80. The van der Waals surface area contributed by atoms with Gasteiger partial charge in [0, 0.05) is 6.54 Å². The first-order chi connectivity index (χ1) is 9.29. The Hall–Kier alpha value is -2.03. The molecule has 0 atom stereocenters. The summed E-state index contributed by atoms with van der Waals surface area (Å²) in [5.74, 6) is 0.599. The number of hydrogen-bond donors (Lipinski definition) is 1. The molecule has 0 amide bonds. The fraction of sp³-hybridized carbons (Fsp3) is 0.250. The summed E-state index contributed by atoms with van der Waals surface area (Å²) in [6.45, 7) is 3.18. The van der Waals surface area contributed by atoms with Crippen molar-refractivity contribution < 1.29 is 9.13 Å². The van der Waals surface area contributed by atoms with E-state index in [1.807, 2.05) is 12.1 Å². The lowest BCUT2D eigenvalue weighted by molar-refractivity contribution is 0.332. The number of aryl methyl sites for hydroxylation is 1. The van der Waals surface area contributed by atoms with Crippen molar-refractivity contribution in [2.24, 2.45) is 0 Å². The maximum Gasteiger partial charge on any atom is 0.146 e. The maximum absolute atomic E-state index is 13.3. The zero-order valence-corrected chi connectivity index (χ0v) is 11.0. The minimum absolute atomic E-state index is 0.241.